The average molecular weight is 187 g/mol. The summed E-state index contributed by atoms with van der Waals surface area (Å²) in [5.41, 5.74) is 0. The molecule has 0 bridgehead atoms. The Morgan fingerprint density at radius 2 is 2.15 bits per heavy atom. The van der Waals surface area contributed by atoms with Gasteiger partial charge in [0, 0.05) is 19.6 Å². The number of piperidine rings is 1. The zero-order valence-corrected chi connectivity index (χ0v) is 7.27. The fraction of sp³-hybridized carbons (Fsp3) is 0.857. The minimum atomic E-state index is -0.990. The number of carboxylic acid groups (broad SMARTS) is 1. The molecule has 1 rings (SSSR count). The second-order valence-corrected chi connectivity index (χ2v) is 3.16. The van der Waals surface area contributed by atoms with Gasteiger partial charge in [-0.2, -0.15) is 0 Å². The zero-order valence-electron chi connectivity index (χ0n) is 7.27. The fourth-order valence-corrected chi connectivity index (χ4v) is 1.44. The molecule has 1 aliphatic rings. The Labute approximate surface area is 75.9 Å². The Hall–Kier alpha value is -1.33. The molecule has 0 aliphatic carbocycles. The molecule has 0 spiro atoms. The van der Waals surface area contributed by atoms with Crippen LogP contribution in [0.3, 0.4) is 0 Å². The largest absolute Gasteiger partial charge is 0.465 e. The number of nitrogens with zero attached hydrogens (tertiary/aromatic N) is 2. The van der Waals surface area contributed by atoms with Crippen LogP contribution in [-0.2, 0) is 0 Å². The van der Waals surface area contributed by atoms with E-state index in [9.17, 15) is 9.70 Å². The highest BCUT2D eigenvalue weighted by atomic mass is 16.4. The molecule has 1 heterocycles. The molecule has 0 aromatic heterocycles. The van der Waals surface area contributed by atoms with E-state index < -0.39 is 6.09 Å². The summed E-state index contributed by atoms with van der Waals surface area (Å²) in [5.74, 6) is 0.342. The molecule has 0 atom stereocenters. The Bertz CT molecular complexity index is 189. The zero-order chi connectivity index (χ0) is 9.68. The van der Waals surface area contributed by atoms with Gasteiger partial charge in [-0.25, -0.2) is 4.79 Å². The Morgan fingerprint density at radius 3 is 2.62 bits per heavy atom. The number of rotatable bonds is 3. The number of carbonyl (C=O) groups is 1. The van der Waals surface area contributed by atoms with Crippen molar-refractivity contribution in [2.45, 2.75) is 12.8 Å². The van der Waals surface area contributed by atoms with Crippen LogP contribution in [0, 0.1) is 10.8 Å². The van der Waals surface area contributed by atoms with Crippen molar-refractivity contribution in [2.75, 3.05) is 19.6 Å². The van der Waals surface area contributed by atoms with E-state index in [1.54, 1.807) is 0 Å². The van der Waals surface area contributed by atoms with Crippen molar-refractivity contribution in [1.82, 2.24) is 10.3 Å². The van der Waals surface area contributed by atoms with Gasteiger partial charge in [0.05, 0.1) is 5.29 Å². The van der Waals surface area contributed by atoms with E-state index in [2.05, 4.69) is 10.6 Å². The van der Waals surface area contributed by atoms with E-state index in [1.165, 1.54) is 5.01 Å². The van der Waals surface area contributed by atoms with Gasteiger partial charge in [0.15, 0.2) is 0 Å². The molecule has 1 saturated heterocycles. The summed E-state index contributed by atoms with van der Waals surface area (Å²) in [5, 5.41) is 15.0. The first kappa shape index (κ1) is 9.76. The molecule has 1 aliphatic heterocycles. The summed E-state index contributed by atoms with van der Waals surface area (Å²) >= 11 is 0. The maximum absolute atomic E-state index is 10.2. The van der Waals surface area contributed by atoms with Gasteiger partial charge in [0.25, 0.3) is 0 Å². The number of nitrogens with one attached hydrogen (secondary N) is 1. The molecule has 1 fully saturated rings. The van der Waals surface area contributed by atoms with Crippen LogP contribution >= 0.6 is 0 Å². The summed E-state index contributed by atoms with van der Waals surface area (Å²) < 4.78 is 0. The van der Waals surface area contributed by atoms with E-state index >= 15 is 0 Å². The third-order valence-electron chi connectivity index (χ3n) is 2.25. The molecule has 0 unspecified atom stereocenters. The van der Waals surface area contributed by atoms with Crippen molar-refractivity contribution >= 4 is 6.09 Å². The van der Waals surface area contributed by atoms with Crippen molar-refractivity contribution in [2.24, 2.45) is 11.2 Å². The van der Waals surface area contributed by atoms with Crippen molar-refractivity contribution in [3.8, 4) is 0 Å². The van der Waals surface area contributed by atoms with Gasteiger partial charge in [-0.1, -0.05) is 0 Å². The molecule has 1 amide bonds. The summed E-state index contributed by atoms with van der Waals surface area (Å²) in [6.45, 7) is 1.74. The average Bonchev–Trinajstić information content (AvgIpc) is 2.15. The monoisotopic (exact) mass is 187 g/mol. The van der Waals surface area contributed by atoms with Gasteiger partial charge < -0.3 is 10.4 Å². The van der Waals surface area contributed by atoms with E-state index in [0.29, 0.717) is 25.6 Å². The highest BCUT2D eigenvalue weighted by Crippen LogP contribution is 2.15. The van der Waals surface area contributed by atoms with Crippen LogP contribution in [0.2, 0.25) is 0 Å². The van der Waals surface area contributed by atoms with Crippen molar-refractivity contribution in [3.05, 3.63) is 4.91 Å². The summed E-state index contributed by atoms with van der Waals surface area (Å²) in [6, 6.07) is 0. The van der Waals surface area contributed by atoms with Gasteiger partial charge >= 0.3 is 6.09 Å². The molecule has 74 valence electrons. The fourth-order valence-electron chi connectivity index (χ4n) is 1.44. The summed E-state index contributed by atoms with van der Waals surface area (Å²) in [4.78, 5) is 20.3. The van der Waals surface area contributed by atoms with Gasteiger partial charge in [0.1, 0.15) is 0 Å². The Kier molecular flexibility index (Phi) is 3.48. The van der Waals surface area contributed by atoms with Gasteiger partial charge in [0.2, 0.25) is 0 Å². The molecular formula is C7H13N3O3. The van der Waals surface area contributed by atoms with E-state index in [1.807, 2.05) is 0 Å². The van der Waals surface area contributed by atoms with Crippen molar-refractivity contribution in [1.29, 1.82) is 0 Å². The highest BCUT2D eigenvalue weighted by molar-refractivity contribution is 5.64. The predicted molar refractivity (Wildman–Crippen MR) is 46.1 cm³/mol. The number of nitroso groups, excluding NO2 is 1. The Morgan fingerprint density at radius 1 is 1.54 bits per heavy atom. The van der Waals surface area contributed by atoms with E-state index in [0.717, 1.165) is 12.8 Å². The van der Waals surface area contributed by atoms with Gasteiger partial charge in [-0.3, -0.25) is 5.01 Å². The van der Waals surface area contributed by atoms with E-state index in [4.69, 9.17) is 5.11 Å². The number of hydrogen-bond donors (Lipinski definition) is 2. The maximum Gasteiger partial charge on any atom is 0.404 e. The van der Waals surface area contributed by atoms with Crippen molar-refractivity contribution in [3.63, 3.8) is 0 Å². The first-order valence-corrected chi connectivity index (χ1v) is 4.27. The second kappa shape index (κ2) is 4.64. The van der Waals surface area contributed by atoms with Crippen LogP contribution in [0.15, 0.2) is 5.29 Å². The van der Waals surface area contributed by atoms with Crippen LogP contribution in [0.5, 0.6) is 0 Å². The van der Waals surface area contributed by atoms with Crippen LogP contribution in [0.1, 0.15) is 12.8 Å². The molecule has 0 aromatic rings. The van der Waals surface area contributed by atoms with Crippen LogP contribution in [-0.4, -0.2) is 35.8 Å². The number of amides is 1. The maximum atomic E-state index is 10.2. The molecular weight excluding hydrogens is 174 g/mol. The molecule has 0 aromatic carbocycles. The smallest absolute Gasteiger partial charge is 0.404 e. The lowest BCUT2D eigenvalue weighted by Gasteiger charge is -2.27. The lowest BCUT2D eigenvalue weighted by atomic mass is 9.98. The lowest BCUT2D eigenvalue weighted by Crippen LogP contribution is -2.35. The minimum absolute atomic E-state index is 0.342. The molecule has 13 heavy (non-hydrogen) atoms. The second-order valence-electron chi connectivity index (χ2n) is 3.16. The van der Waals surface area contributed by atoms with Gasteiger partial charge in [-0.05, 0) is 18.8 Å². The third-order valence-corrected chi connectivity index (χ3v) is 2.25. The molecule has 0 radical (unpaired) electrons. The Balaban J connectivity index is 2.17. The number of hydrogen-bond acceptors (Lipinski definition) is 3. The molecule has 2 N–H and O–H groups in total. The highest BCUT2D eigenvalue weighted by Gasteiger charge is 2.18. The molecule has 6 nitrogen and oxygen atoms in total. The van der Waals surface area contributed by atoms with Crippen LogP contribution in [0.25, 0.3) is 0 Å². The standard InChI is InChI=1S/C7H13N3O3/c11-7(12)8-5-6-1-3-10(9-13)4-2-6/h6,8H,1-5H2,(H,11,12). The first-order valence-electron chi connectivity index (χ1n) is 4.27. The SMILES string of the molecule is O=NN1CCC(CNC(=O)O)CC1. The van der Waals surface area contributed by atoms with Gasteiger partial charge in [-0.15, -0.1) is 4.91 Å². The van der Waals surface area contributed by atoms with Crippen LogP contribution in [0.4, 0.5) is 4.79 Å². The predicted octanol–water partition coefficient (Wildman–Crippen LogP) is 0.647. The van der Waals surface area contributed by atoms with Crippen LogP contribution < -0.4 is 5.32 Å². The summed E-state index contributed by atoms with van der Waals surface area (Å²) in [6.07, 6.45) is 0.661. The lowest BCUT2D eigenvalue weighted by molar-refractivity contribution is 0.172. The summed E-state index contributed by atoms with van der Waals surface area (Å²) in [7, 11) is 0. The molecule has 6 heteroatoms. The third kappa shape index (κ3) is 3.27. The molecule has 0 saturated carbocycles. The van der Waals surface area contributed by atoms with E-state index in [-0.39, 0.29) is 0 Å². The normalized spacial score (nSPS) is 18.3. The van der Waals surface area contributed by atoms with Crippen molar-refractivity contribution < 1.29 is 9.90 Å². The topological polar surface area (TPSA) is 82.0 Å². The minimum Gasteiger partial charge on any atom is -0.465 e. The first-order chi connectivity index (χ1) is 6.22. The quantitative estimate of drug-likeness (QED) is 0.635.